The second-order valence-electron chi connectivity index (χ2n) is 12.5. The van der Waals surface area contributed by atoms with Crippen molar-refractivity contribution < 1.29 is 4.79 Å². The van der Waals surface area contributed by atoms with Crippen LogP contribution in [0.15, 0.2) is 84.9 Å². The molecule has 1 aliphatic rings. The SMILES string of the molecule is C[Si](C)(C)C#Cc1ccc(C#Cc2ccc3c(c2)C(=O)c2cc(C#Cc4ccc(C#C[Si](C)(C)C)cc4)ccc2-3)cc1. The highest BCUT2D eigenvalue weighted by atomic mass is 28.3. The minimum atomic E-state index is -1.41. The normalized spacial score (nSPS) is 11.3. The molecule has 0 radical (unpaired) electrons. The molecule has 0 amide bonds. The number of rotatable bonds is 0. The Morgan fingerprint density at radius 2 is 0.667 bits per heavy atom. The van der Waals surface area contributed by atoms with Crippen molar-refractivity contribution in [2.45, 2.75) is 39.3 Å². The van der Waals surface area contributed by atoms with E-state index in [0.29, 0.717) is 11.1 Å². The highest BCUT2D eigenvalue weighted by Gasteiger charge is 2.26. The van der Waals surface area contributed by atoms with Crippen molar-refractivity contribution in [2.24, 2.45) is 0 Å². The predicted octanol–water partition coefficient (Wildman–Crippen LogP) is 8.16. The van der Waals surface area contributed by atoms with Crippen LogP contribution in [0.1, 0.15) is 49.3 Å². The zero-order valence-electron chi connectivity index (χ0n) is 25.0. The molecule has 0 fully saturated rings. The maximum absolute atomic E-state index is 13.4. The van der Waals surface area contributed by atoms with E-state index in [1.54, 1.807) is 0 Å². The monoisotopic (exact) mass is 572 g/mol. The molecule has 0 unspecified atom stereocenters. The first-order chi connectivity index (χ1) is 19.9. The van der Waals surface area contributed by atoms with Gasteiger partial charge in [0.15, 0.2) is 5.78 Å². The van der Waals surface area contributed by atoms with Gasteiger partial charge in [-0.15, -0.1) is 11.1 Å². The molecule has 1 nitrogen and oxygen atoms in total. The Kier molecular flexibility index (Phi) is 7.94. The third kappa shape index (κ3) is 7.29. The maximum atomic E-state index is 13.4. The van der Waals surface area contributed by atoms with Crippen LogP contribution in [0.25, 0.3) is 11.1 Å². The van der Waals surface area contributed by atoms with Crippen molar-refractivity contribution >= 4 is 21.9 Å². The van der Waals surface area contributed by atoms with Crippen LogP contribution in [0.5, 0.6) is 0 Å². The summed E-state index contributed by atoms with van der Waals surface area (Å²) in [6, 6.07) is 27.8. The summed E-state index contributed by atoms with van der Waals surface area (Å²) in [5.74, 6) is 19.4. The lowest BCUT2D eigenvalue weighted by Crippen LogP contribution is -2.16. The summed E-state index contributed by atoms with van der Waals surface area (Å²) in [5, 5.41) is 0. The average Bonchev–Trinajstić information content (AvgIpc) is 3.23. The number of carbonyl (C=O) groups is 1. The Hall–Kier alpha value is -4.78. The van der Waals surface area contributed by atoms with Gasteiger partial charge in [-0.25, -0.2) is 0 Å². The smallest absolute Gasteiger partial charge is 0.194 e. The number of hydrogen-bond donors (Lipinski definition) is 0. The van der Waals surface area contributed by atoms with E-state index < -0.39 is 16.1 Å². The summed E-state index contributed by atoms with van der Waals surface area (Å²) in [7, 11) is -2.81. The third-order valence-electron chi connectivity index (χ3n) is 6.45. The van der Waals surface area contributed by atoms with Gasteiger partial charge in [-0.1, -0.05) is 86.9 Å². The van der Waals surface area contributed by atoms with E-state index in [9.17, 15) is 4.79 Å². The van der Waals surface area contributed by atoms with Gasteiger partial charge in [0.25, 0.3) is 0 Å². The van der Waals surface area contributed by atoms with Gasteiger partial charge >= 0.3 is 0 Å². The van der Waals surface area contributed by atoms with Crippen LogP contribution in [-0.4, -0.2) is 21.9 Å². The fourth-order valence-corrected chi connectivity index (χ4v) is 5.36. The predicted molar refractivity (Wildman–Crippen MR) is 181 cm³/mol. The van der Waals surface area contributed by atoms with Gasteiger partial charge in [0.1, 0.15) is 16.1 Å². The minimum absolute atomic E-state index is 0.0166. The molecule has 42 heavy (non-hydrogen) atoms. The Morgan fingerprint density at radius 3 is 1.00 bits per heavy atom. The van der Waals surface area contributed by atoms with E-state index in [2.05, 4.69) is 85.9 Å². The Bertz CT molecular complexity index is 1810. The van der Waals surface area contributed by atoms with Crippen LogP contribution in [0.2, 0.25) is 39.3 Å². The van der Waals surface area contributed by atoms with Crippen molar-refractivity contribution in [3.05, 3.63) is 129 Å². The Labute approximate surface area is 252 Å². The first-order valence-corrected chi connectivity index (χ1v) is 21.1. The Morgan fingerprint density at radius 1 is 0.381 bits per heavy atom. The third-order valence-corrected chi connectivity index (χ3v) is 8.20. The van der Waals surface area contributed by atoms with E-state index >= 15 is 0 Å². The number of hydrogen-bond acceptors (Lipinski definition) is 1. The molecule has 202 valence electrons. The van der Waals surface area contributed by atoms with Gasteiger partial charge in [-0.2, -0.15) is 0 Å². The van der Waals surface area contributed by atoms with E-state index in [-0.39, 0.29) is 5.78 Å². The van der Waals surface area contributed by atoms with Crippen molar-refractivity contribution in [2.75, 3.05) is 0 Å². The zero-order chi connectivity index (χ0) is 29.9. The molecule has 0 spiro atoms. The first-order valence-electron chi connectivity index (χ1n) is 14.1. The summed E-state index contributed by atoms with van der Waals surface area (Å²) in [6.45, 7) is 13.4. The molecule has 4 aromatic carbocycles. The summed E-state index contributed by atoms with van der Waals surface area (Å²) in [4.78, 5) is 13.4. The van der Waals surface area contributed by atoms with Crippen LogP contribution in [0.4, 0.5) is 0 Å². The van der Waals surface area contributed by atoms with Gasteiger partial charge in [-0.3, -0.25) is 4.79 Å². The minimum Gasteiger partial charge on any atom is -0.289 e. The van der Waals surface area contributed by atoms with E-state index in [1.165, 1.54) is 0 Å². The molecule has 0 N–H and O–H groups in total. The van der Waals surface area contributed by atoms with Gasteiger partial charge in [0.05, 0.1) is 0 Å². The summed E-state index contributed by atoms with van der Waals surface area (Å²) in [6.07, 6.45) is 0. The highest BCUT2D eigenvalue weighted by molar-refractivity contribution is 6.84. The molecule has 5 rings (SSSR count). The fraction of sp³-hybridized carbons (Fsp3) is 0.154. The molecule has 4 aromatic rings. The molecule has 0 aromatic heterocycles. The van der Waals surface area contributed by atoms with E-state index in [1.807, 2.05) is 84.9 Å². The Balaban J connectivity index is 1.31. The second kappa shape index (κ2) is 11.6. The number of benzene rings is 4. The maximum Gasteiger partial charge on any atom is 0.194 e. The molecule has 0 saturated heterocycles. The largest absolute Gasteiger partial charge is 0.289 e. The van der Waals surface area contributed by atoms with Crippen LogP contribution in [0.3, 0.4) is 0 Å². The van der Waals surface area contributed by atoms with Crippen molar-refractivity contribution in [3.63, 3.8) is 0 Å². The van der Waals surface area contributed by atoms with Crippen LogP contribution in [0, 0.1) is 46.6 Å². The number of ketones is 1. The lowest BCUT2D eigenvalue weighted by atomic mass is 10.0. The molecule has 3 heteroatoms. The quantitative estimate of drug-likeness (QED) is 0.135. The molecule has 0 heterocycles. The molecular weight excluding hydrogens is 541 g/mol. The highest BCUT2D eigenvalue weighted by Crippen LogP contribution is 2.37. The molecule has 0 saturated carbocycles. The lowest BCUT2D eigenvalue weighted by molar-refractivity contribution is 0.104. The van der Waals surface area contributed by atoms with Gasteiger partial charge < -0.3 is 0 Å². The topological polar surface area (TPSA) is 17.1 Å². The molecule has 0 bridgehead atoms. The zero-order valence-corrected chi connectivity index (χ0v) is 27.0. The standard InChI is InChI=1S/C39H32OSi2/c1-41(2,3)25-23-31-11-7-29(8-12-31)15-17-33-19-21-35-36-22-20-34(28-38(36)39(40)37(35)27-33)18-16-30-9-13-32(14-10-30)24-26-42(4,5)6/h7-14,19-22,27-28H,1-6H3. The van der Waals surface area contributed by atoms with Gasteiger partial charge in [0, 0.05) is 44.5 Å². The summed E-state index contributed by atoms with van der Waals surface area (Å²) < 4.78 is 0. The molecular formula is C39H32OSi2. The van der Waals surface area contributed by atoms with Gasteiger partial charge in [-0.05, 0) is 83.9 Å². The van der Waals surface area contributed by atoms with Gasteiger partial charge in [0.2, 0.25) is 0 Å². The summed E-state index contributed by atoms with van der Waals surface area (Å²) >= 11 is 0. The lowest BCUT2D eigenvalue weighted by Gasteiger charge is -2.03. The first kappa shape index (κ1) is 28.7. The number of fused-ring (bicyclic) bond motifs is 3. The van der Waals surface area contributed by atoms with Crippen molar-refractivity contribution in [3.8, 4) is 57.7 Å². The summed E-state index contributed by atoms with van der Waals surface area (Å²) in [5.41, 5.74) is 15.5. The van der Waals surface area contributed by atoms with E-state index in [4.69, 9.17) is 0 Å². The van der Waals surface area contributed by atoms with Crippen LogP contribution >= 0.6 is 0 Å². The van der Waals surface area contributed by atoms with Crippen LogP contribution < -0.4 is 0 Å². The molecule has 1 aliphatic carbocycles. The average molecular weight is 573 g/mol. The molecule has 0 atom stereocenters. The second-order valence-corrected chi connectivity index (χ2v) is 22.0. The van der Waals surface area contributed by atoms with Crippen molar-refractivity contribution in [1.82, 2.24) is 0 Å². The molecule has 0 aliphatic heterocycles. The van der Waals surface area contributed by atoms with E-state index in [0.717, 1.165) is 44.5 Å². The van der Waals surface area contributed by atoms with Crippen molar-refractivity contribution in [1.29, 1.82) is 0 Å². The fourth-order valence-electron chi connectivity index (χ4n) is 4.32. The number of carbonyl (C=O) groups excluding carboxylic acids is 1. The van der Waals surface area contributed by atoms with Crippen LogP contribution in [-0.2, 0) is 0 Å².